The van der Waals surface area contributed by atoms with E-state index < -0.39 is 48.6 Å². The van der Waals surface area contributed by atoms with E-state index in [1.54, 1.807) is 19.9 Å². The number of aliphatic carboxylic acids is 2. The summed E-state index contributed by atoms with van der Waals surface area (Å²) in [7, 11) is 1.41. The van der Waals surface area contributed by atoms with E-state index in [9.17, 15) is 34.8 Å². The van der Waals surface area contributed by atoms with Gasteiger partial charge in [0.2, 0.25) is 6.29 Å². The fourth-order valence-electron chi connectivity index (χ4n) is 4.09. The average Bonchev–Trinajstić information content (AvgIpc) is 3.19. The largest absolute Gasteiger partial charge is 0.496 e. The SMILES string of the molecule is COc1c(C)c2c(c(O[C@H]3O[C@H](C(=O)O)[C@H](O)[C@H](O)[C@@H]3O)c1C/C=C(\C)CCC(=O)O)C(=O)OC2. The first kappa shape index (κ1) is 26.4. The molecule has 0 saturated carbocycles. The molecule has 0 amide bonds. The van der Waals surface area contributed by atoms with Crippen LogP contribution in [0.3, 0.4) is 0 Å². The fourth-order valence-corrected chi connectivity index (χ4v) is 4.09. The third-order valence-electron chi connectivity index (χ3n) is 6.06. The van der Waals surface area contributed by atoms with Gasteiger partial charge in [-0.25, -0.2) is 9.59 Å². The molecule has 0 aliphatic carbocycles. The number of fused-ring (bicyclic) bond motifs is 1. The molecule has 0 unspecified atom stereocenters. The number of cyclic esters (lactones) is 1. The van der Waals surface area contributed by atoms with Crippen LogP contribution < -0.4 is 9.47 Å². The highest BCUT2D eigenvalue weighted by molar-refractivity contribution is 5.98. The molecule has 1 fully saturated rings. The number of aliphatic hydroxyl groups excluding tert-OH is 3. The molecular weight excluding hydrogens is 468 g/mol. The Labute approximate surface area is 200 Å². The first-order chi connectivity index (χ1) is 16.5. The Morgan fingerprint density at radius 1 is 1.09 bits per heavy atom. The van der Waals surface area contributed by atoms with Crippen molar-refractivity contribution in [1.29, 1.82) is 0 Å². The van der Waals surface area contributed by atoms with E-state index in [1.165, 1.54) is 7.11 Å². The van der Waals surface area contributed by atoms with Crippen molar-refractivity contribution >= 4 is 17.9 Å². The molecule has 2 aliphatic rings. The Kier molecular flexibility index (Phi) is 8.00. The number of aliphatic hydroxyl groups is 3. The number of carboxylic acid groups (broad SMARTS) is 2. The predicted molar refractivity (Wildman–Crippen MR) is 116 cm³/mol. The summed E-state index contributed by atoms with van der Waals surface area (Å²) in [4.78, 5) is 35.0. The summed E-state index contributed by atoms with van der Waals surface area (Å²) in [5.74, 6) is -2.99. The molecule has 1 aromatic carbocycles. The van der Waals surface area contributed by atoms with E-state index in [0.717, 1.165) is 5.57 Å². The van der Waals surface area contributed by atoms with Crippen LogP contribution in [0, 0.1) is 6.92 Å². The molecule has 5 atom stereocenters. The molecule has 2 heterocycles. The summed E-state index contributed by atoms with van der Waals surface area (Å²) >= 11 is 0. The normalized spacial score (nSPS) is 26.2. The van der Waals surface area contributed by atoms with Crippen molar-refractivity contribution in [3.05, 3.63) is 33.9 Å². The summed E-state index contributed by atoms with van der Waals surface area (Å²) in [5.41, 5.74) is 2.22. The number of methoxy groups -OCH3 is 1. The molecule has 0 aromatic heterocycles. The fraction of sp³-hybridized carbons (Fsp3) is 0.522. The maximum Gasteiger partial charge on any atom is 0.342 e. The maximum absolute atomic E-state index is 12.6. The van der Waals surface area contributed by atoms with Crippen LogP contribution in [0.15, 0.2) is 11.6 Å². The zero-order valence-corrected chi connectivity index (χ0v) is 19.4. The smallest absolute Gasteiger partial charge is 0.342 e. The molecule has 1 saturated heterocycles. The lowest BCUT2D eigenvalue weighted by Crippen LogP contribution is -2.61. The number of allylic oxidation sites excluding steroid dienone is 2. The third-order valence-corrected chi connectivity index (χ3v) is 6.06. The quantitative estimate of drug-likeness (QED) is 0.233. The number of rotatable bonds is 9. The number of hydrogen-bond acceptors (Lipinski definition) is 10. The van der Waals surface area contributed by atoms with E-state index in [1.807, 2.05) is 0 Å². The van der Waals surface area contributed by atoms with Crippen LogP contribution in [-0.4, -0.2) is 81.3 Å². The number of hydrogen-bond donors (Lipinski definition) is 5. The van der Waals surface area contributed by atoms with Crippen molar-refractivity contribution in [2.75, 3.05) is 7.11 Å². The van der Waals surface area contributed by atoms with Crippen molar-refractivity contribution in [3.8, 4) is 11.5 Å². The molecule has 0 bridgehead atoms. The van der Waals surface area contributed by atoms with E-state index >= 15 is 0 Å². The highest BCUT2D eigenvalue weighted by atomic mass is 16.7. The van der Waals surface area contributed by atoms with Gasteiger partial charge in [-0.3, -0.25) is 4.79 Å². The van der Waals surface area contributed by atoms with Crippen LogP contribution in [0.1, 0.15) is 46.8 Å². The van der Waals surface area contributed by atoms with Crippen molar-refractivity contribution in [1.82, 2.24) is 0 Å². The van der Waals surface area contributed by atoms with Gasteiger partial charge in [-0.05, 0) is 32.3 Å². The molecule has 2 aliphatic heterocycles. The molecule has 192 valence electrons. The predicted octanol–water partition coefficient (Wildman–Crippen LogP) is 0.299. The highest BCUT2D eigenvalue weighted by Crippen LogP contribution is 2.44. The minimum absolute atomic E-state index is 0.0400. The Bertz CT molecular complexity index is 1050. The Balaban J connectivity index is 2.07. The van der Waals surface area contributed by atoms with E-state index in [4.69, 9.17) is 24.1 Å². The Hall–Kier alpha value is -3.19. The van der Waals surface area contributed by atoms with Crippen molar-refractivity contribution < 1.29 is 58.9 Å². The van der Waals surface area contributed by atoms with E-state index in [-0.39, 0.29) is 37.2 Å². The zero-order chi connectivity index (χ0) is 26.0. The number of carboxylic acids is 2. The molecule has 1 aromatic rings. The second-order valence-corrected chi connectivity index (χ2v) is 8.40. The maximum atomic E-state index is 12.6. The van der Waals surface area contributed by atoms with Crippen LogP contribution in [-0.2, 0) is 32.1 Å². The minimum Gasteiger partial charge on any atom is -0.496 e. The van der Waals surface area contributed by atoms with Gasteiger partial charge in [0.1, 0.15) is 42.0 Å². The second-order valence-electron chi connectivity index (χ2n) is 8.40. The monoisotopic (exact) mass is 496 g/mol. The van der Waals surface area contributed by atoms with Crippen molar-refractivity contribution in [2.24, 2.45) is 0 Å². The van der Waals surface area contributed by atoms with Crippen LogP contribution in [0.2, 0.25) is 0 Å². The van der Waals surface area contributed by atoms with E-state index in [2.05, 4.69) is 0 Å². The molecule has 12 heteroatoms. The topological polar surface area (TPSA) is 189 Å². The third kappa shape index (κ3) is 5.25. The number of ether oxygens (including phenoxy) is 4. The minimum atomic E-state index is -1.91. The van der Waals surface area contributed by atoms with E-state index in [0.29, 0.717) is 22.4 Å². The van der Waals surface area contributed by atoms with Gasteiger partial charge in [0, 0.05) is 17.5 Å². The Morgan fingerprint density at radius 2 is 1.77 bits per heavy atom. The van der Waals surface area contributed by atoms with Gasteiger partial charge >= 0.3 is 17.9 Å². The summed E-state index contributed by atoms with van der Waals surface area (Å²) in [6.07, 6.45) is -7.23. The summed E-state index contributed by atoms with van der Waals surface area (Å²) in [6, 6.07) is 0. The number of esters is 1. The molecule has 35 heavy (non-hydrogen) atoms. The van der Waals surface area contributed by atoms with Crippen LogP contribution >= 0.6 is 0 Å². The summed E-state index contributed by atoms with van der Waals surface area (Å²) in [6.45, 7) is 3.40. The van der Waals surface area contributed by atoms with Gasteiger partial charge < -0.3 is 44.5 Å². The highest BCUT2D eigenvalue weighted by Gasteiger charge is 2.49. The van der Waals surface area contributed by atoms with Crippen LogP contribution in [0.4, 0.5) is 0 Å². The van der Waals surface area contributed by atoms with Crippen LogP contribution in [0.25, 0.3) is 0 Å². The molecule has 0 radical (unpaired) electrons. The lowest BCUT2D eigenvalue weighted by Gasteiger charge is -2.39. The molecule has 12 nitrogen and oxygen atoms in total. The van der Waals surface area contributed by atoms with Gasteiger partial charge in [-0.1, -0.05) is 11.6 Å². The van der Waals surface area contributed by atoms with Gasteiger partial charge in [0.25, 0.3) is 0 Å². The number of benzene rings is 1. The molecular formula is C23H28O12. The van der Waals surface area contributed by atoms with Gasteiger partial charge in [0.05, 0.1) is 7.11 Å². The first-order valence-electron chi connectivity index (χ1n) is 10.8. The lowest BCUT2D eigenvalue weighted by atomic mass is 9.94. The summed E-state index contributed by atoms with van der Waals surface area (Å²) < 4.78 is 21.8. The average molecular weight is 496 g/mol. The molecule has 3 rings (SSSR count). The number of carbonyl (C=O) groups is 3. The van der Waals surface area contributed by atoms with Crippen molar-refractivity contribution in [3.63, 3.8) is 0 Å². The molecule has 5 N–H and O–H groups in total. The second kappa shape index (κ2) is 10.6. The summed E-state index contributed by atoms with van der Waals surface area (Å²) in [5, 5.41) is 48.8. The first-order valence-corrected chi connectivity index (χ1v) is 10.8. The molecule has 0 spiro atoms. The van der Waals surface area contributed by atoms with Gasteiger partial charge in [-0.2, -0.15) is 0 Å². The lowest BCUT2D eigenvalue weighted by molar-refractivity contribution is -0.271. The standard InChI is InChI=1S/C23H28O12/c1-9(5-7-13(24)25)4-6-11-18(32-3)10(2)12-8-33-22(31)14(12)19(11)34-23-17(28)15(26)16(27)20(35-23)21(29)30/h4,15-17,20,23,26-28H,5-8H2,1-3H3,(H,24,25)(H,29,30)/b9-4+/t15-,16+,17-,20-,23-/m0/s1. The van der Waals surface area contributed by atoms with Crippen molar-refractivity contribution in [2.45, 2.75) is 70.4 Å². The zero-order valence-electron chi connectivity index (χ0n) is 19.4. The number of carbonyl (C=O) groups excluding carboxylic acids is 1. The van der Waals surface area contributed by atoms with Gasteiger partial charge in [0.15, 0.2) is 6.10 Å². The van der Waals surface area contributed by atoms with Gasteiger partial charge in [-0.15, -0.1) is 0 Å². The van der Waals surface area contributed by atoms with Crippen LogP contribution in [0.5, 0.6) is 11.5 Å². The Morgan fingerprint density at radius 3 is 2.37 bits per heavy atom.